The fraction of sp³-hybridized carbons (Fsp3) is 0.111. The summed E-state index contributed by atoms with van der Waals surface area (Å²) in [5.41, 5.74) is -2.15. The topological polar surface area (TPSA) is 110 Å². The van der Waals surface area contributed by atoms with Gasteiger partial charge in [0.25, 0.3) is 5.91 Å². The molecule has 0 radical (unpaired) electrons. The van der Waals surface area contributed by atoms with Gasteiger partial charge in [0.1, 0.15) is 5.75 Å². The highest BCUT2D eigenvalue weighted by Gasteiger charge is 2.34. The third-order valence-electron chi connectivity index (χ3n) is 4.97. The molecule has 8 nitrogen and oxygen atoms in total. The van der Waals surface area contributed by atoms with Crippen LogP contribution in [0, 0.1) is 0 Å². The minimum absolute atomic E-state index is 0.0328. The summed E-state index contributed by atoms with van der Waals surface area (Å²) in [6.07, 6.45) is -13.4. The Morgan fingerprint density at radius 1 is 0.705 bits per heavy atom. The largest absolute Gasteiger partial charge is 0.573 e. The van der Waals surface area contributed by atoms with Crippen LogP contribution in [0.4, 0.5) is 45.2 Å². The summed E-state index contributed by atoms with van der Waals surface area (Å²) in [6.45, 7) is 0. The zero-order valence-corrected chi connectivity index (χ0v) is 21.5. The molecule has 0 aliphatic heterocycles. The molecule has 0 atom stereocenters. The number of phenolic OH excluding ortho intramolecular Hbond substituents is 1. The van der Waals surface area contributed by atoms with Crippen LogP contribution < -0.4 is 25.1 Å². The van der Waals surface area contributed by atoms with Crippen molar-refractivity contribution >= 4 is 11.6 Å². The molecule has 0 aliphatic rings. The minimum Gasteiger partial charge on any atom is -0.504 e. The van der Waals surface area contributed by atoms with Crippen LogP contribution in [-0.2, 0) is 6.18 Å². The predicted molar refractivity (Wildman–Crippen MR) is 134 cm³/mol. The van der Waals surface area contributed by atoms with Crippen molar-refractivity contribution in [3.8, 4) is 28.7 Å². The van der Waals surface area contributed by atoms with Crippen molar-refractivity contribution in [2.45, 2.75) is 18.9 Å². The number of carbonyl (C=O) groups is 1. The number of phenols is 1. The number of para-hydroxylation sites is 4. The maximum Gasteiger partial charge on any atom is 0.573 e. The second-order valence-corrected chi connectivity index (χ2v) is 8.22. The first-order chi connectivity index (χ1) is 20.4. The number of carbonyl (C=O) groups excluding carboxylic acids is 1. The number of halogens is 9. The molecule has 0 saturated heterocycles. The van der Waals surface area contributed by atoms with Crippen molar-refractivity contribution in [2.24, 2.45) is 0 Å². The Hall–Kier alpha value is -5.35. The van der Waals surface area contributed by atoms with Crippen molar-refractivity contribution in [1.29, 1.82) is 0 Å². The van der Waals surface area contributed by atoms with E-state index in [0.717, 1.165) is 36.4 Å². The summed E-state index contributed by atoms with van der Waals surface area (Å²) in [5.74, 6) is -4.17. The standard InChI is InChI=1S/C20H12F6N2O4.C7H5F3O2/c21-19(22,23)11-5-6-13(18(30)28-12-7-8-27-17(29)10-12)16(9-11)31-14-3-1-2-4-15(14)32-20(24,25)26;8-7(9,10)12-6-4-2-1-3-5(6)11/h1-10H,(H2,27,28,29,30);1-4,11H. The molecule has 0 spiro atoms. The molecule has 4 rings (SSSR count). The molecule has 1 heterocycles. The fourth-order valence-corrected chi connectivity index (χ4v) is 3.22. The minimum atomic E-state index is -5.09. The van der Waals surface area contributed by atoms with E-state index >= 15 is 0 Å². The SMILES string of the molecule is O=C(Nc1cc[nH]c(=O)c1)c1ccc(C(F)(F)F)cc1Oc1ccccc1OC(F)(F)F.Oc1ccccc1OC(F)(F)F. The molecule has 3 aromatic carbocycles. The quantitative estimate of drug-likeness (QED) is 0.188. The summed E-state index contributed by atoms with van der Waals surface area (Å²) in [7, 11) is 0. The van der Waals surface area contributed by atoms with E-state index in [0.29, 0.717) is 12.1 Å². The Kier molecular flexibility index (Phi) is 10.0. The normalized spacial score (nSPS) is 11.6. The summed E-state index contributed by atoms with van der Waals surface area (Å²) in [6, 6.07) is 13.5. The van der Waals surface area contributed by atoms with Crippen molar-refractivity contribution in [3.05, 3.63) is 107 Å². The number of pyridine rings is 1. The first-order valence-electron chi connectivity index (χ1n) is 11.7. The van der Waals surface area contributed by atoms with E-state index in [4.69, 9.17) is 9.84 Å². The molecule has 0 fully saturated rings. The van der Waals surface area contributed by atoms with E-state index in [2.05, 4.69) is 19.8 Å². The van der Waals surface area contributed by atoms with E-state index in [-0.39, 0.29) is 5.69 Å². The maximum atomic E-state index is 13.2. The van der Waals surface area contributed by atoms with Gasteiger partial charge in [-0.25, -0.2) is 0 Å². The molecule has 1 aromatic heterocycles. The van der Waals surface area contributed by atoms with Crippen molar-refractivity contribution < 1.29 is 63.6 Å². The predicted octanol–water partition coefficient (Wildman–Crippen LogP) is 7.63. The van der Waals surface area contributed by atoms with Gasteiger partial charge in [0.15, 0.2) is 23.0 Å². The van der Waals surface area contributed by atoms with Crippen LogP contribution in [0.25, 0.3) is 0 Å². The van der Waals surface area contributed by atoms with Gasteiger partial charge >= 0.3 is 18.9 Å². The number of hydrogen-bond donors (Lipinski definition) is 3. The van der Waals surface area contributed by atoms with E-state index in [1.165, 1.54) is 36.5 Å². The molecule has 1 amide bonds. The van der Waals surface area contributed by atoms with Crippen LogP contribution >= 0.6 is 0 Å². The molecule has 0 saturated carbocycles. The Morgan fingerprint density at radius 2 is 1.27 bits per heavy atom. The van der Waals surface area contributed by atoms with Crippen LogP contribution in [0.2, 0.25) is 0 Å². The number of rotatable bonds is 6. The number of hydrogen-bond acceptors (Lipinski definition) is 6. The second kappa shape index (κ2) is 13.3. The smallest absolute Gasteiger partial charge is 0.504 e. The first-order valence-corrected chi connectivity index (χ1v) is 11.7. The van der Waals surface area contributed by atoms with Crippen LogP contribution in [0.3, 0.4) is 0 Å². The van der Waals surface area contributed by atoms with E-state index < -0.39 is 70.2 Å². The van der Waals surface area contributed by atoms with Gasteiger partial charge in [0.05, 0.1) is 11.1 Å². The number of nitrogens with one attached hydrogen (secondary N) is 2. The van der Waals surface area contributed by atoms with Crippen LogP contribution in [0.5, 0.6) is 28.7 Å². The molecule has 4 aromatic rings. The van der Waals surface area contributed by atoms with Gasteiger partial charge in [-0.1, -0.05) is 24.3 Å². The summed E-state index contributed by atoms with van der Waals surface area (Å²) in [5, 5.41) is 11.2. The number of alkyl halides is 9. The van der Waals surface area contributed by atoms with Crippen molar-refractivity contribution in [1.82, 2.24) is 4.98 Å². The lowest BCUT2D eigenvalue weighted by atomic mass is 10.1. The number of benzene rings is 3. The number of anilines is 1. The molecule has 17 heteroatoms. The van der Waals surface area contributed by atoms with Gasteiger partial charge in [0, 0.05) is 18.0 Å². The van der Waals surface area contributed by atoms with Gasteiger partial charge in [0.2, 0.25) is 5.56 Å². The van der Waals surface area contributed by atoms with Crippen LogP contribution in [0.15, 0.2) is 89.9 Å². The number of amides is 1. The molecule has 0 aliphatic carbocycles. The highest BCUT2D eigenvalue weighted by molar-refractivity contribution is 6.06. The van der Waals surface area contributed by atoms with Crippen molar-refractivity contribution in [3.63, 3.8) is 0 Å². The lowest BCUT2D eigenvalue weighted by Gasteiger charge is -2.17. The summed E-state index contributed by atoms with van der Waals surface area (Å²) >= 11 is 0. The molecule has 44 heavy (non-hydrogen) atoms. The third-order valence-corrected chi connectivity index (χ3v) is 4.97. The molecule has 0 bridgehead atoms. The lowest BCUT2D eigenvalue weighted by Crippen LogP contribution is -2.18. The number of H-pyrrole nitrogens is 1. The Balaban J connectivity index is 0.000000369. The van der Waals surface area contributed by atoms with E-state index in [9.17, 15) is 49.1 Å². The number of ether oxygens (including phenoxy) is 3. The summed E-state index contributed by atoms with van der Waals surface area (Å²) in [4.78, 5) is 26.3. The van der Waals surface area contributed by atoms with Gasteiger partial charge in [-0.2, -0.15) is 13.2 Å². The van der Waals surface area contributed by atoms with Crippen LogP contribution in [-0.4, -0.2) is 28.7 Å². The third kappa shape index (κ3) is 10.2. The van der Waals surface area contributed by atoms with Gasteiger partial charge in [-0.15, -0.1) is 26.3 Å². The Morgan fingerprint density at radius 3 is 1.84 bits per heavy atom. The number of aromatic nitrogens is 1. The fourth-order valence-electron chi connectivity index (χ4n) is 3.22. The zero-order chi connectivity index (χ0) is 32.7. The lowest BCUT2D eigenvalue weighted by molar-refractivity contribution is -0.276. The zero-order valence-electron chi connectivity index (χ0n) is 21.5. The Bertz CT molecular complexity index is 1650. The summed E-state index contributed by atoms with van der Waals surface area (Å²) < 4.78 is 125. The Labute approximate surface area is 240 Å². The monoisotopic (exact) mass is 636 g/mol. The average molecular weight is 636 g/mol. The second-order valence-electron chi connectivity index (χ2n) is 8.22. The molecular weight excluding hydrogens is 619 g/mol. The highest BCUT2D eigenvalue weighted by Crippen LogP contribution is 2.39. The number of aromatic amines is 1. The maximum absolute atomic E-state index is 13.2. The molecule has 234 valence electrons. The highest BCUT2D eigenvalue weighted by atomic mass is 19.4. The van der Waals surface area contributed by atoms with E-state index in [1.807, 2.05) is 0 Å². The molecule has 3 N–H and O–H groups in total. The van der Waals surface area contributed by atoms with E-state index in [1.54, 1.807) is 0 Å². The number of aromatic hydroxyl groups is 1. The van der Waals surface area contributed by atoms with Crippen molar-refractivity contribution in [2.75, 3.05) is 5.32 Å². The average Bonchev–Trinajstić information content (AvgIpc) is 2.89. The van der Waals surface area contributed by atoms with Crippen LogP contribution in [0.1, 0.15) is 15.9 Å². The van der Waals surface area contributed by atoms with Gasteiger partial charge in [-0.05, 0) is 48.5 Å². The first kappa shape index (κ1) is 33.2. The van der Waals surface area contributed by atoms with Gasteiger partial charge in [-0.3, -0.25) is 9.59 Å². The molecule has 0 unspecified atom stereocenters. The molecular formula is C27H17F9N2O6. The van der Waals surface area contributed by atoms with Gasteiger partial charge < -0.3 is 29.6 Å².